The molecule has 1 N–H and O–H groups in total. The highest BCUT2D eigenvalue weighted by Gasteiger charge is 2.13. The minimum Gasteiger partial charge on any atom is -0.486 e. The van der Waals surface area contributed by atoms with Gasteiger partial charge in [-0.2, -0.15) is 0 Å². The van der Waals surface area contributed by atoms with Gasteiger partial charge in [-0.15, -0.1) is 10.2 Å². The van der Waals surface area contributed by atoms with Crippen molar-refractivity contribution in [2.24, 2.45) is 0 Å². The fourth-order valence-corrected chi connectivity index (χ4v) is 2.59. The van der Waals surface area contributed by atoms with Crippen molar-refractivity contribution in [1.82, 2.24) is 10.2 Å². The van der Waals surface area contributed by atoms with Crippen LogP contribution in [-0.2, 0) is 6.61 Å². The van der Waals surface area contributed by atoms with Crippen molar-refractivity contribution in [2.45, 2.75) is 13.5 Å². The average molecular weight is 375 g/mol. The van der Waals surface area contributed by atoms with Crippen molar-refractivity contribution in [3.8, 4) is 17.2 Å². The number of benzene rings is 2. The second-order valence-electron chi connectivity index (χ2n) is 6.15. The maximum absolute atomic E-state index is 12.4. The number of amides is 1. The van der Waals surface area contributed by atoms with E-state index in [1.165, 1.54) is 6.39 Å². The van der Waals surface area contributed by atoms with E-state index in [0.29, 0.717) is 22.9 Å². The van der Waals surface area contributed by atoms with E-state index in [9.17, 15) is 4.79 Å². The molecule has 0 saturated carbocycles. The Labute approximate surface area is 161 Å². The summed E-state index contributed by atoms with van der Waals surface area (Å²) in [6.07, 6.45) is 1.25. The highest BCUT2D eigenvalue weighted by molar-refractivity contribution is 6.02. The summed E-state index contributed by atoms with van der Waals surface area (Å²) >= 11 is 0. The minimum absolute atomic E-state index is 0.200. The van der Waals surface area contributed by atoms with E-state index in [1.54, 1.807) is 30.3 Å². The number of aryl methyl sites for hydroxylation is 1. The molecule has 0 fully saturated rings. The summed E-state index contributed by atoms with van der Waals surface area (Å²) in [6.45, 7) is 2.25. The van der Waals surface area contributed by atoms with Crippen LogP contribution in [0.3, 0.4) is 0 Å². The van der Waals surface area contributed by atoms with Crippen molar-refractivity contribution in [2.75, 3.05) is 5.32 Å². The Kier molecular flexibility index (Phi) is 4.88. The Morgan fingerprint density at radius 1 is 1.11 bits per heavy atom. The smallest absolute Gasteiger partial charge is 0.291 e. The van der Waals surface area contributed by atoms with Crippen LogP contribution in [0.15, 0.2) is 75.9 Å². The number of anilines is 1. The lowest BCUT2D eigenvalue weighted by Gasteiger charge is -2.05. The first-order chi connectivity index (χ1) is 13.7. The molecule has 2 aromatic heterocycles. The molecule has 4 aromatic rings. The van der Waals surface area contributed by atoms with Crippen molar-refractivity contribution >= 4 is 11.6 Å². The predicted octanol–water partition coefficient (Wildman–Crippen LogP) is 4.47. The van der Waals surface area contributed by atoms with Crippen molar-refractivity contribution in [1.29, 1.82) is 0 Å². The molecule has 0 spiro atoms. The third-order valence-electron chi connectivity index (χ3n) is 4.01. The van der Waals surface area contributed by atoms with Crippen LogP contribution >= 0.6 is 0 Å². The van der Waals surface area contributed by atoms with Crippen LogP contribution in [-0.4, -0.2) is 16.1 Å². The van der Waals surface area contributed by atoms with Crippen LogP contribution in [0.1, 0.15) is 21.9 Å². The van der Waals surface area contributed by atoms with Gasteiger partial charge in [0.1, 0.15) is 18.1 Å². The average Bonchev–Trinajstić information content (AvgIpc) is 3.40. The van der Waals surface area contributed by atoms with Crippen LogP contribution < -0.4 is 10.1 Å². The molecule has 0 aliphatic rings. The first kappa shape index (κ1) is 17.5. The summed E-state index contributed by atoms with van der Waals surface area (Å²) < 4.78 is 16.4. The number of carbonyl (C=O) groups is 1. The molecule has 140 valence electrons. The molecule has 0 aliphatic heterocycles. The van der Waals surface area contributed by atoms with E-state index in [2.05, 4.69) is 15.5 Å². The number of hydrogen-bond acceptors (Lipinski definition) is 6. The summed E-state index contributed by atoms with van der Waals surface area (Å²) in [6, 6.07) is 18.2. The third-order valence-corrected chi connectivity index (χ3v) is 4.01. The Bertz CT molecular complexity index is 1070. The Morgan fingerprint density at radius 2 is 1.96 bits per heavy atom. The molecule has 28 heavy (non-hydrogen) atoms. The number of carbonyl (C=O) groups excluding carboxylic acids is 1. The van der Waals surface area contributed by atoms with Crippen molar-refractivity contribution in [3.05, 3.63) is 84.1 Å². The van der Waals surface area contributed by atoms with Gasteiger partial charge in [0, 0.05) is 11.3 Å². The summed E-state index contributed by atoms with van der Waals surface area (Å²) in [5.74, 6) is 1.52. The fraction of sp³-hybridized carbons (Fsp3) is 0.0952. The van der Waals surface area contributed by atoms with Crippen LogP contribution in [0.4, 0.5) is 5.69 Å². The molecule has 2 aromatic carbocycles. The highest BCUT2D eigenvalue weighted by Crippen LogP contribution is 2.21. The lowest BCUT2D eigenvalue weighted by molar-refractivity contribution is 0.0992. The Hall–Kier alpha value is -3.87. The molecule has 0 atom stereocenters. The van der Waals surface area contributed by atoms with E-state index < -0.39 is 0 Å². The summed E-state index contributed by atoms with van der Waals surface area (Å²) in [7, 11) is 0. The van der Waals surface area contributed by atoms with Crippen molar-refractivity contribution in [3.63, 3.8) is 0 Å². The van der Waals surface area contributed by atoms with Gasteiger partial charge in [0.2, 0.25) is 12.3 Å². The maximum Gasteiger partial charge on any atom is 0.291 e. The van der Waals surface area contributed by atoms with E-state index in [0.717, 1.165) is 11.3 Å². The lowest BCUT2D eigenvalue weighted by Crippen LogP contribution is -2.10. The molecule has 0 radical (unpaired) electrons. The van der Waals surface area contributed by atoms with Gasteiger partial charge in [-0.3, -0.25) is 4.79 Å². The summed E-state index contributed by atoms with van der Waals surface area (Å²) in [5, 5.41) is 10.3. The quantitative estimate of drug-likeness (QED) is 0.535. The maximum atomic E-state index is 12.4. The van der Waals surface area contributed by atoms with Crippen molar-refractivity contribution < 1.29 is 18.4 Å². The van der Waals surface area contributed by atoms with Gasteiger partial charge in [-0.1, -0.05) is 23.8 Å². The van der Waals surface area contributed by atoms with Gasteiger partial charge in [0.25, 0.3) is 5.91 Å². The van der Waals surface area contributed by atoms with Crippen LogP contribution in [0.25, 0.3) is 11.5 Å². The molecule has 1 amide bonds. The topological polar surface area (TPSA) is 90.4 Å². The van der Waals surface area contributed by atoms with Crippen LogP contribution in [0.5, 0.6) is 5.75 Å². The van der Waals surface area contributed by atoms with E-state index in [1.807, 2.05) is 37.3 Å². The zero-order chi connectivity index (χ0) is 19.3. The molecule has 7 nitrogen and oxygen atoms in total. The van der Waals surface area contributed by atoms with E-state index in [4.69, 9.17) is 13.6 Å². The number of rotatable bonds is 6. The molecular weight excluding hydrogens is 358 g/mol. The molecule has 0 unspecified atom stereocenters. The van der Waals surface area contributed by atoms with E-state index in [-0.39, 0.29) is 18.3 Å². The SMILES string of the molecule is Cc1ccc(OCc2ccc(C(=O)Nc3cccc(-c4nnco4)c3)o2)cc1. The molecule has 4 rings (SSSR count). The van der Waals surface area contributed by atoms with Gasteiger partial charge < -0.3 is 18.9 Å². The standard InChI is InChI=1S/C21H17N3O4/c1-14-5-7-17(8-6-14)26-12-18-9-10-19(28-18)20(25)23-16-4-2-3-15(11-16)21-24-22-13-27-21/h2-11,13H,12H2,1H3,(H,23,25). The molecule has 7 heteroatoms. The minimum atomic E-state index is -0.357. The largest absolute Gasteiger partial charge is 0.486 e. The number of nitrogens with zero attached hydrogens (tertiary/aromatic N) is 2. The first-order valence-electron chi connectivity index (χ1n) is 8.63. The zero-order valence-corrected chi connectivity index (χ0v) is 15.1. The fourth-order valence-electron chi connectivity index (χ4n) is 2.59. The molecular formula is C21H17N3O4. The number of aromatic nitrogens is 2. The predicted molar refractivity (Wildman–Crippen MR) is 102 cm³/mol. The van der Waals surface area contributed by atoms with Gasteiger partial charge in [0.15, 0.2) is 5.76 Å². The monoisotopic (exact) mass is 375 g/mol. The summed E-state index contributed by atoms with van der Waals surface area (Å²) in [5.41, 5.74) is 2.46. The zero-order valence-electron chi connectivity index (χ0n) is 15.1. The number of furan rings is 1. The number of ether oxygens (including phenoxy) is 1. The van der Waals surface area contributed by atoms with Gasteiger partial charge in [-0.25, -0.2) is 0 Å². The highest BCUT2D eigenvalue weighted by atomic mass is 16.5. The van der Waals surface area contributed by atoms with Gasteiger partial charge in [-0.05, 0) is 49.4 Å². The Balaban J connectivity index is 1.39. The van der Waals surface area contributed by atoms with Gasteiger partial charge in [0.05, 0.1) is 0 Å². The lowest BCUT2D eigenvalue weighted by atomic mass is 10.2. The number of hydrogen-bond donors (Lipinski definition) is 1. The normalized spacial score (nSPS) is 10.6. The summed E-state index contributed by atoms with van der Waals surface area (Å²) in [4.78, 5) is 12.4. The molecule has 0 aliphatic carbocycles. The van der Waals surface area contributed by atoms with E-state index >= 15 is 0 Å². The Morgan fingerprint density at radius 3 is 2.75 bits per heavy atom. The molecule has 0 bridgehead atoms. The molecule has 0 saturated heterocycles. The second-order valence-corrected chi connectivity index (χ2v) is 6.15. The molecule has 2 heterocycles. The van der Waals surface area contributed by atoms with Crippen LogP contribution in [0, 0.1) is 6.92 Å². The first-order valence-corrected chi connectivity index (χ1v) is 8.63. The van der Waals surface area contributed by atoms with Crippen LogP contribution in [0.2, 0.25) is 0 Å². The number of nitrogens with one attached hydrogen (secondary N) is 1. The third kappa shape index (κ3) is 4.09. The van der Waals surface area contributed by atoms with Gasteiger partial charge >= 0.3 is 0 Å². The second kappa shape index (κ2) is 7.79.